The van der Waals surface area contributed by atoms with E-state index in [0.29, 0.717) is 5.69 Å². The van der Waals surface area contributed by atoms with Crippen LogP contribution in [-0.4, -0.2) is 20.7 Å². The van der Waals surface area contributed by atoms with E-state index in [-0.39, 0.29) is 17.4 Å². The van der Waals surface area contributed by atoms with Gasteiger partial charge in [0.2, 0.25) is 0 Å². The second kappa shape index (κ2) is 8.18. The zero-order chi connectivity index (χ0) is 20.4. The molecule has 2 aromatic heterocycles. The van der Waals surface area contributed by atoms with Crippen molar-refractivity contribution >= 4 is 34.7 Å². The highest BCUT2D eigenvalue weighted by atomic mass is 32.2. The van der Waals surface area contributed by atoms with Gasteiger partial charge in [0.25, 0.3) is 5.91 Å². The van der Waals surface area contributed by atoms with E-state index in [2.05, 4.69) is 15.4 Å². The maximum absolute atomic E-state index is 13.4. The smallest absolute Gasteiger partial charge is 0.276 e. The number of hydrogen-bond donors (Lipinski definition) is 1. The van der Waals surface area contributed by atoms with Crippen molar-refractivity contribution in [1.82, 2.24) is 14.8 Å². The summed E-state index contributed by atoms with van der Waals surface area (Å²) in [5.41, 5.74) is 3.48. The third-order valence-corrected chi connectivity index (χ3v) is 6.19. The number of rotatable bonds is 5. The van der Waals surface area contributed by atoms with Crippen LogP contribution in [0, 0.1) is 19.7 Å². The number of hydrogen-bond acceptors (Lipinski definition) is 5. The van der Waals surface area contributed by atoms with Crippen molar-refractivity contribution in [3.8, 4) is 5.69 Å². The molecular weight excluding hydrogens is 407 g/mol. The molecule has 0 spiro atoms. The Bertz CT molecular complexity index is 1180. The van der Waals surface area contributed by atoms with Crippen molar-refractivity contribution in [2.45, 2.75) is 23.1 Å². The lowest BCUT2D eigenvalue weighted by atomic mass is 10.2. The molecule has 0 aliphatic rings. The van der Waals surface area contributed by atoms with E-state index in [1.807, 2.05) is 37.4 Å². The van der Waals surface area contributed by atoms with E-state index < -0.39 is 0 Å². The Morgan fingerprint density at radius 3 is 2.76 bits per heavy atom. The highest BCUT2D eigenvalue weighted by Gasteiger charge is 2.13. The lowest BCUT2D eigenvalue weighted by Gasteiger charge is -2.09. The molecule has 1 amide bonds. The maximum atomic E-state index is 13.4. The van der Waals surface area contributed by atoms with Crippen molar-refractivity contribution in [1.29, 1.82) is 0 Å². The molecule has 2 aromatic carbocycles. The first-order valence-corrected chi connectivity index (χ1v) is 10.5. The molecule has 0 aliphatic carbocycles. The van der Waals surface area contributed by atoms with Crippen LogP contribution in [0.15, 0.2) is 69.3 Å². The van der Waals surface area contributed by atoms with Crippen molar-refractivity contribution in [3.05, 3.63) is 82.9 Å². The van der Waals surface area contributed by atoms with Gasteiger partial charge in [-0.05, 0) is 61.9 Å². The summed E-state index contributed by atoms with van der Waals surface area (Å²) >= 11 is 3.21. The third kappa shape index (κ3) is 4.55. The molecule has 29 heavy (non-hydrogen) atoms. The minimum atomic E-state index is -0.356. The standard InChI is InChI=1S/C21H17FN4OS2/c1-13-10-17(29-21-23-14(2)12-28-21)6-7-18(13)24-20(27)19-8-9-26(25-19)16-5-3-4-15(22)11-16/h3-12H,1-2H3,(H,24,27). The molecule has 1 N–H and O–H groups in total. The number of nitrogens with one attached hydrogen (secondary N) is 1. The number of nitrogens with zero attached hydrogens (tertiary/aromatic N) is 3. The van der Waals surface area contributed by atoms with E-state index in [1.54, 1.807) is 47.5 Å². The van der Waals surface area contributed by atoms with E-state index in [4.69, 9.17) is 0 Å². The van der Waals surface area contributed by atoms with Crippen LogP contribution in [0.5, 0.6) is 0 Å². The summed E-state index contributed by atoms with van der Waals surface area (Å²) < 4.78 is 15.9. The summed E-state index contributed by atoms with van der Waals surface area (Å²) in [4.78, 5) is 18.1. The number of carbonyl (C=O) groups excluding carboxylic acids is 1. The van der Waals surface area contributed by atoms with Crippen LogP contribution < -0.4 is 5.32 Å². The maximum Gasteiger partial charge on any atom is 0.276 e. The number of benzene rings is 2. The molecule has 4 rings (SSSR count). The number of halogens is 1. The molecular formula is C21H17FN4OS2. The van der Waals surface area contributed by atoms with Gasteiger partial charge in [-0.2, -0.15) is 5.10 Å². The van der Waals surface area contributed by atoms with Gasteiger partial charge in [0.15, 0.2) is 10.0 Å². The average molecular weight is 425 g/mol. The number of aryl methyl sites for hydroxylation is 2. The number of amides is 1. The first-order chi connectivity index (χ1) is 14.0. The van der Waals surface area contributed by atoms with E-state index in [0.717, 1.165) is 26.2 Å². The summed E-state index contributed by atoms with van der Waals surface area (Å²) in [7, 11) is 0. The molecule has 0 aliphatic heterocycles. The van der Waals surface area contributed by atoms with Crippen LogP contribution >= 0.6 is 23.1 Å². The fraction of sp³-hybridized carbons (Fsp3) is 0.0952. The Balaban J connectivity index is 1.47. The van der Waals surface area contributed by atoms with Gasteiger partial charge in [-0.15, -0.1) is 11.3 Å². The van der Waals surface area contributed by atoms with Crippen LogP contribution in [0.4, 0.5) is 10.1 Å². The molecule has 8 heteroatoms. The molecule has 0 saturated heterocycles. The van der Waals surface area contributed by atoms with Gasteiger partial charge < -0.3 is 5.32 Å². The summed E-state index contributed by atoms with van der Waals surface area (Å²) in [6, 6.07) is 13.5. The van der Waals surface area contributed by atoms with Crippen LogP contribution in [0.2, 0.25) is 0 Å². The van der Waals surface area contributed by atoms with Gasteiger partial charge in [-0.1, -0.05) is 17.8 Å². The van der Waals surface area contributed by atoms with Gasteiger partial charge in [0.05, 0.1) is 5.69 Å². The van der Waals surface area contributed by atoms with Gasteiger partial charge >= 0.3 is 0 Å². The molecule has 0 unspecified atom stereocenters. The number of carbonyl (C=O) groups is 1. The van der Waals surface area contributed by atoms with Gasteiger partial charge in [0, 0.05) is 27.9 Å². The number of thiazole rings is 1. The largest absolute Gasteiger partial charge is 0.320 e. The lowest BCUT2D eigenvalue weighted by molar-refractivity contribution is 0.102. The molecule has 0 atom stereocenters. The molecule has 0 radical (unpaired) electrons. The molecule has 146 valence electrons. The van der Waals surface area contributed by atoms with Crippen LogP contribution in [0.3, 0.4) is 0 Å². The minimum Gasteiger partial charge on any atom is -0.320 e. The van der Waals surface area contributed by atoms with Crippen molar-refractivity contribution < 1.29 is 9.18 Å². The van der Waals surface area contributed by atoms with Crippen molar-refractivity contribution in [3.63, 3.8) is 0 Å². The Kier molecular flexibility index (Phi) is 5.46. The molecule has 0 bridgehead atoms. The Morgan fingerprint density at radius 2 is 2.03 bits per heavy atom. The molecule has 0 saturated carbocycles. The summed E-state index contributed by atoms with van der Waals surface area (Å²) in [6.45, 7) is 3.91. The van der Waals surface area contributed by atoms with Crippen LogP contribution in [-0.2, 0) is 0 Å². The molecule has 4 aromatic rings. The van der Waals surface area contributed by atoms with Gasteiger partial charge in [0.1, 0.15) is 5.82 Å². The normalized spacial score (nSPS) is 10.9. The number of anilines is 1. The lowest BCUT2D eigenvalue weighted by Crippen LogP contribution is -2.14. The highest BCUT2D eigenvalue weighted by Crippen LogP contribution is 2.32. The highest BCUT2D eigenvalue weighted by molar-refractivity contribution is 8.01. The quantitative estimate of drug-likeness (QED) is 0.460. The topological polar surface area (TPSA) is 59.8 Å². The summed E-state index contributed by atoms with van der Waals surface area (Å²) in [6.07, 6.45) is 1.63. The second-order valence-electron chi connectivity index (χ2n) is 6.41. The number of aromatic nitrogens is 3. The fourth-order valence-electron chi connectivity index (χ4n) is 2.71. The van der Waals surface area contributed by atoms with Gasteiger partial charge in [-0.3, -0.25) is 4.79 Å². The SMILES string of the molecule is Cc1csc(Sc2ccc(NC(=O)c3ccn(-c4cccc(F)c4)n3)c(C)c2)n1. The summed E-state index contributed by atoms with van der Waals surface area (Å²) in [5.74, 6) is -0.676. The van der Waals surface area contributed by atoms with Gasteiger partial charge in [-0.25, -0.2) is 14.1 Å². The zero-order valence-corrected chi connectivity index (χ0v) is 17.4. The minimum absolute atomic E-state index is 0.255. The van der Waals surface area contributed by atoms with E-state index in [9.17, 15) is 9.18 Å². The predicted molar refractivity (Wildman–Crippen MR) is 114 cm³/mol. The second-order valence-corrected chi connectivity index (χ2v) is 8.59. The summed E-state index contributed by atoms with van der Waals surface area (Å²) in [5, 5.41) is 9.16. The third-order valence-electron chi connectivity index (χ3n) is 4.14. The molecule has 2 heterocycles. The van der Waals surface area contributed by atoms with Crippen LogP contribution in [0.1, 0.15) is 21.7 Å². The fourth-order valence-corrected chi connectivity index (χ4v) is 4.62. The monoisotopic (exact) mass is 424 g/mol. The van der Waals surface area contributed by atoms with Crippen molar-refractivity contribution in [2.24, 2.45) is 0 Å². The predicted octanol–water partition coefficient (Wildman–Crippen LogP) is 5.49. The Labute approximate surface area is 175 Å². The first-order valence-electron chi connectivity index (χ1n) is 8.81. The van der Waals surface area contributed by atoms with E-state index in [1.165, 1.54) is 16.8 Å². The van der Waals surface area contributed by atoms with Crippen molar-refractivity contribution in [2.75, 3.05) is 5.32 Å². The van der Waals surface area contributed by atoms with E-state index >= 15 is 0 Å². The first kappa shape index (κ1) is 19.4. The molecule has 0 fully saturated rings. The van der Waals surface area contributed by atoms with Crippen LogP contribution in [0.25, 0.3) is 5.69 Å². The molecule has 5 nitrogen and oxygen atoms in total. The Morgan fingerprint density at radius 1 is 1.17 bits per heavy atom. The Hall–Kier alpha value is -2.97. The average Bonchev–Trinajstić information content (AvgIpc) is 3.33. The zero-order valence-electron chi connectivity index (χ0n) is 15.7.